The quantitative estimate of drug-likeness (QED) is 0.797. The number of methoxy groups -OCH3 is 1. The molecule has 2 aromatic rings. The van der Waals surface area contributed by atoms with Crippen LogP contribution < -0.4 is 0 Å². The predicted octanol–water partition coefficient (Wildman–Crippen LogP) is 3.99. The molecule has 0 atom stereocenters. The number of hydrogen-bond donors (Lipinski definition) is 0. The molecule has 24 heavy (non-hydrogen) atoms. The fraction of sp³-hybridized carbons (Fsp3) is 0.278. The highest BCUT2D eigenvalue weighted by atomic mass is 19.4. The van der Waals surface area contributed by atoms with Crippen LogP contribution in [0.2, 0.25) is 0 Å². The van der Waals surface area contributed by atoms with Gasteiger partial charge in [-0.2, -0.15) is 13.2 Å². The number of halogens is 3. The normalized spacial score (nSPS) is 11.3. The van der Waals surface area contributed by atoms with Gasteiger partial charge in [0.15, 0.2) is 0 Å². The molecule has 0 fully saturated rings. The summed E-state index contributed by atoms with van der Waals surface area (Å²) in [5.41, 5.74) is 0.0746. The van der Waals surface area contributed by atoms with E-state index in [1.54, 1.807) is 0 Å². The van der Waals surface area contributed by atoms with Crippen molar-refractivity contribution in [2.75, 3.05) is 20.3 Å². The number of carbonyl (C=O) groups excluding carboxylic acids is 1. The first-order chi connectivity index (χ1) is 11.4. The molecule has 0 saturated carbocycles. The summed E-state index contributed by atoms with van der Waals surface area (Å²) >= 11 is 0. The zero-order valence-electron chi connectivity index (χ0n) is 13.2. The number of amides is 1. The van der Waals surface area contributed by atoms with Crippen molar-refractivity contribution in [2.45, 2.75) is 12.7 Å². The number of nitrogens with zero attached hydrogens (tertiary/aromatic N) is 1. The fourth-order valence-corrected chi connectivity index (χ4v) is 2.27. The zero-order chi connectivity index (χ0) is 17.6. The largest absolute Gasteiger partial charge is 0.416 e. The maximum absolute atomic E-state index is 12.8. The molecule has 0 aliphatic heterocycles. The Morgan fingerprint density at radius 2 is 1.79 bits per heavy atom. The maximum Gasteiger partial charge on any atom is 0.416 e. The molecule has 1 amide bonds. The van der Waals surface area contributed by atoms with Crippen LogP contribution in [0.1, 0.15) is 21.5 Å². The first-order valence-corrected chi connectivity index (χ1v) is 7.41. The highest BCUT2D eigenvalue weighted by Gasteiger charge is 2.31. The van der Waals surface area contributed by atoms with Crippen LogP contribution in [0, 0.1) is 0 Å². The van der Waals surface area contributed by atoms with Crippen molar-refractivity contribution in [1.29, 1.82) is 0 Å². The van der Waals surface area contributed by atoms with Crippen molar-refractivity contribution in [3.8, 4) is 0 Å². The second kappa shape index (κ2) is 7.97. The molecule has 0 aromatic heterocycles. The fourth-order valence-electron chi connectivity index (χ4n) is 2.27. The van der Waals surface area contributed by atoms with Gasteiger partial charge in [-0.25, -0.2) is 0 Å². The molecule has 0 aliphatic carbocycles. The molecule has 0 saturated heterocycles. The van der Waals surface area contributed by atoms with E-state index in [2.05, 4.69) is 0 Å². The molecule has 0 spiro atoms. The summed E-state index contributed by atoms with van der Waals surface area (Å²) in [6, 6.07) is 13.7. The van der Waals surface area contributed by atoms with Crippen LogP contribution in [-0.2, 0) is 17.5 Å². The van der Waals surface area contributed by atoms with Crippen LogP contribution in [0.3, 0.4) is 0 Å². The average Bonchev–Trinajstić information content (AvgIpc) is 2.58. The molecule has 0 aliphatic rings. The highest BCUT2D eigenvalue weighted by molar-refractivity contribution is 5.94. The van der Waals surface area contributed by atoms with Crippen molar-refractivity contribution >= 4 is 5.91 Å². The molecule has 0 bridgehead atoms. The van der Waals surface area contributed by atoms with E-state index in [1.807, 2.05) is 30.3 Å². The van der Waals surface area contributed by atoms with Crippen LogP contribution in [0.15, 0.2) is 54.6 Å². The summed E-state index contributed by atoms with van der Waals surface area (Å²) in [7, 11) is 1.51. The Bertz CT molecular complexity index is 671. The molecule has 0 radical (unpaired) electrons. The Balaban J connectivity index is 2.24. The van der Waals surface area contributed by atoms with Crippen LogP contribution >= 0.6 is 0 Å². The predicted molar refractivity (Wildman–Crippen MR) is 84.5 cm³/mol. The first kappa shape index (κ1) is 18.0. The number of benzene rings is 2. The van der Waals surface area contributed by atoms with Crippen molar-refractivity contribution in [3.05, 3.63) is 71.3 Å². The lowest BCUT2D eigenvalue weighted by molar-refractivity contribution is -0.137. The number of rotatable bonds is 6. The first-order valence-electron chi connectivity index (χ1n) is 7.41. The van der Waals surface area contributed by atoms with Gasteiger partial charge in [-0.05, 0) is 23.8 Å². The Kier molecular flexibility index (Phi) is 5.98. The van der Waals surface area contributed by atoms with Gasteiger partial charge in [-0.1, -0.05) is 36.4 Å². The average molecular weight is 337 g/mol. The molecule has 0 heterocycles. The Hall–Kier alpha value is -2.34. The van der Waals surface area contributed by atoms with Gasteiger partial charge in [0, 0.05) is 25.8 Å². The standard InChI is InChI=1S/C18H18F3NO2/c1-24-11-10-22(13-14-6-3-2-4-7-14)17(23)15-8-5-9-16(12-15)18(19,20)21/h2-9,12H,10-11,13H2,1H3. The van der Waals surface area contributed by atoms with Gasteiger partial charge >= 0.3 is 6.18 Å². The van der Waals surface area contributed by atoms with Crippen LogP contribution in [0.5, 0.6) is 0 Å². The Labute approximate surface area is 138 Å². The second-order valence-corrected chi connectivity index (χ2v) is 5.28. The molecule has 2 rings (SSSR count). The van der Waals surface area contributed by atoms with Crippen molar-refractivity contribution < 1.29 is 22.7 Å². The summed E-state index contributed by atoms with van der Waals surface area (Å²) in [5, 5.41) is 0. The van der Waals surface area contributed by atoms with Gasteiger partial charge in [0.1, 0.15) is 0 Å². The third-order valence-electron chi connectivity index (χ3n) is 3.51. The smallest absolute Gasteiger partial charge is 0.383 e. The van der Waals surface area contributed by atoms with E-state index >= 15 is 0 Å². The van der Waals surface area contributed by atoms with E-state index in [4.69, 9.17) is 4.74 Å². The summed E-state index contributed by atoms with van der Waals surface area (Å²) in [4.78, 5) is 14.1. The topological polar surface area (TPSA) is 29.5 Å². The maximum atomic E-state index is 12.8. The monoisotopic (exact) mass is 337 g/mol. The molecule has 128 valence electrons. The van der Waals surface area contributed by atoms with Crippen molar-refractivity contribution in [1.82, 2.24) is 4.90 Å². The van der Waals surface area contributed by atoms with Gasteiger partial charge in [-0.15, -0.1) is 0 Å². The minimum atomic E-state index is -4.48. The number of hydrogen-bond acceptors (Lipinski definition) is 2. The van der Waals surface area contributed by atoms with Crippen molar-refractivity contribution in [2.24, 2.45) is 0 Å². The molecule has 3 nitrogen and oxygen atoms in total. The second-order valence-electron chi connectivity index (χ2n) is 5.28. The van der Waals surface area contributed by atoms with E-state index in [0.29, 0.717) is 19.7 Å². The lowest BCUT2D eigenvalue weighted by Crippen LogP contribution is -2.33. The van der Waals surface area contributed by atoms with Crippen molar-refractivity contribution in [3.63, 3.8) is 0 Å². The van der Waals surface area contributed by atoms with Gasteiger partial charge in [0.05, 0.1) is 12.2 Å². The number of ether oxygens (including phenoxy) is 1. The van der Waals surface area contributed by atoms with Gasteiger partial charge < -0.3 is 9.64 Å². The van der Waals surface area contributed by atoms with Crippen LogP contribution in [0.25, 0.3) is 0 Å². The van der Waals surface area contributed by atoms with E-state index < -0.39 is 17.6 Å². The number of alkyl halides is 3. The number of carbonyl (C=O) groups is 1. The van der Waals surface area contributed by atoms with Gasteiger partial charge in [0.2, 0.25) is 0 Å². The van der Waals surface area contributed by atoms with E-state index in [1.165, 1.54) is 24.1 Å². The minimum absolute atomic E-state index is 0.0110. The van der Waals surface area contributed by atoms with Crippen LogP contribution in [0.4, 0.5) is 13.2 Å². The molecule has 2 aromatic carbocycles. The SMILES string of the molecule is COCCN(Cc1ccccc1)C(=O)c1cccc(C(F)(F)F)c1. The molecular formula is C18H18F3NO2. The highest BCUT2D eigenvalue weighted by Crippen LogP contribution is 2.29. The molecular weight excluding hydrogens is 319 g/mol. The lowest BCUT2D eigenvalue weighted by atomic mass is 10.1. The summed E-state index contributed by atoms with van der Waals surface area (Å²) in [5.74, 6) is -0.456. The Morgan fingerprint density at radius 1 is 1.08 bits per heavy atom. The molecule has 0 unspecified atom stereocenters. The third kappa shape index (κ3) is 4.83. The van der Waals surface area contributed by atoms with E-state index in [-0.39, 0.29) is 5.56 Å². The van der Waals surface area contributed by atoms with E-state index in [0.717, 1.165) is 17.7 Å². The lowest BCUT2D eigenvalue weighted by Gasteiger charge is -2.23. The summed E-state index contributed by atoms with van der Waals surface area (Å²) in [6.07, 6.45) is -4.48. The van der Waals surface area contributed by atoms with Gasteiger partial charge in [0.25, 0.3) is 5.91 Å². The summed E-state index contributed by atoms with van der Waals surface area (Å²) in [6.45, 7) is 0.900. The summed E-state index contributed by atoms with van der Waals surface area (Å²) < 4.78 is 43.5. The molecule has 0 N–H and O–H groups in total. The third-order valence-corrected chi connectivity index (χ3v) is 3.51. The Morgan fingerprint density at radius 3 is 2.42 bits per heavy atom. The molecule has 6 heteroatoms. The van der Waals surface area contributed by atoms with E-state index in [9.17, 15) is 18.0 Å². The van der Waals surface area contributed by atoms with Gasteiger partial charge in [-0.3, -0.25) is 4.79 Å². The zero-order valence-corrected chi connectivity index (χ0v) is 13.2. The van der Waals surface area contributed by atoms with Crippen LogP contribution in [-0.4, -0.2) is 31.1 Å². The minimum Gasteiger partial charge on any atom is -0.383 e.